The first-order valence-electron chi connectivity index (χ1n) is 13.3. The summed E-state index contributed by atoms with van der Waals surface area (Å²) in [5.41, 5.74) is 2.78. The summed E-state index contributed by atoms with van der Waals surface area (Å²) in [6, 6.07) is 11.6. The highest BCUT2D eigenvalue weighted by Crippen LogP contribution is 2.33. The minimum absolute atomic E-state index is 0.0274. The number of fused-ring (bicyclic) bond motifs is 1. The fourth-order valence-electron chi connectivity index (χ4n) is 5.32. The van der Waals surface area contributed by atoms with Crippen molar-refractivity contribution in [2.75, 3.05) is 40.7 Å². The highest BCUT2D eigenvalue weighted by Gasteiger charge is 2.36. The van der Waals surface area contributed by atoms with Gasteiger partial charge in [0.05, 0.1) is 4.90 Å². The number of sulfonamides is 1. The minimum Gasteiger partial charge on any atom is -0.359 e. The number of carbonyl (C=O) groups excluding carboxylic acids is 2. The molecular weight excluding hydrogens is 570 g/mol. The van der Waals surface area contributed by atoms with Crippen LogP contribution in [0.15, 0.2) is 58.9 Å². The molecule has 0 radical (unpaired) electrons. The summed E-state index contributed by atoms with van der Waals surface area (Å²) >= 11 is 7.43. The molecule has 2 aliphatic rings. The maximum atomic E-state index is 13.9. The Balaban J connectivity index is 1.28. The molecule has 1 aromatic heterocycles. The van der Waals surface area contributed by atoms with Gasteiger partial charge in [0.1, 0.15) is 12.6 Å². The third-order valence-electron chi connectivity index (χ3n) is 7.20. The highest BCUT2D eigenvalue weighted by molar-refractivity contribution is 7.93. The van der Waals surface area contributed by atoms with Crippen molar-refractivity contribution in [3.05, 3.63) is 64.6 Å². The molecule has 0 saturated carbocycles. The quantitative estimate of drug-likeness (QED) is 0.404. The van der Waals surface area contributed by atoms with Crippen molar-refractivity contribution in [1.29, 1.82) is 0 Å². The van der Waals surface area contributed by atoms with Crippen molar-refractivity contribution < 1.29 is 18.0 Å². The van der Waals surface area contributed by atoms with E-state index in [-0.39, 0.29) is 34.4 Å². The van der Waals surface area contributed by atoms with Gasteiger partial charge in [0.2, 0.25) is 11.8 Å². The van der Waals surface area contributed by atoms with Crippen molar-refractivity contribution in [1.82, 2.24) is 9.88 Å². The molecule has 2 aliphatic heterocycles. The van der Waals surface area contributed by atoms with Crippen LogP contribution in [0.1, 0.15) is 32.3 Å². The SMILES string of the molecule is CC(C)CC(C(=O)N1CCN(c2ccc(S(=O)(=O)Nc3nccs3)cc2)C(=O)C1)N1CCCc2cc(Cl)ccc21. The van der Waals surface area contributed by atoms with Crippen LogP contribution in [0.25, 0.3) is 0 Å². The van der Waals surface area contributed by atoms with E-state index in [1.54, 1.807) is 27.3 Å². The van der Waals surface area contributed by atoms with E-state index in [0.717, 1.165) is 30.6 Å². The molecule has 40 heavy (non-hydrogen) atoms. The average molecular weight is 602 g/mol. The number of piperazine rings is 1. The highest BCUT2D eigenvalue weighted by atomic mass is 35.5. The van der Waals surface area contributed by atoms with Crippen molar-refractivity contribution in [2.24, 2.45) is 5.92 Å². The Labute approximate surface area is 243 Å². The predicted octanol–water partition coefficient (Wildman–Crippen LogP) is 4.64. The summed E-state index contributed by atoms with van der Waals surface area (Å²) < 4.78 is 27.8. The van der Waals surface area contributed by atoms with Gasteiger partial charge in [0.15, 0.2) is 5.13 Å². The molecular formula is C28H32ClN5O4S2. The molecule has 2 amide bonds. The van der Waals surface area contributed by atoms with Crippen molar-refractivity contribution >= 4 is 61.3 Å². The van der Waals surface area contributed by atoms with Crippen LogP contribution in [-0.2, 0) is 26.0 Å². The Hall–Kier alpha value is -3.15. The third kappa shape index (κ3) is 6.11. The first-order chi connectivity index (χ1) is 19.1. The molecule has 1 fully saturated rings. The van der Waals surface area contributed by atoms with E-state index < -0.39 is 10.0 Å². The van der Waals surface area contributed by atoms with Gasteiger partial charge in [-0.3, -0.25) is 14.3 Å². The largest absolute Gasteiger partial charge is 0.359 e. The summed E-state index contributed by atoms with van der Waals surface area (Å²) in [6.07, 6.45) is 4.06. The number of thiazole rings is 1. The fourth-order valence-corrected chi connectivity index (χ4v) is 7.31. The van der Waals surface area contributed by atoms with Crippen LogP contribution in [0.4, 0.5) is 16.5 Å². The lowest BCUT2D eigenvalue weighted by Crippen LogP contribution is -2.58. The van der Waals surface area contributed by atoms with E-state index >= 15 is 0 Å². The Bertz CT molecular complexity index is 1480. The lowest BCUT2D eigenvalue weighted by atomic mass is 9.95. The Kier molecular flexibility index (Phi) is 8.34. The van der Waals surface area contributed by atoms with Gasteiger partial charge in [0.25, 0.3) is 10.0 Å². The van der Waals surface area contributed by atoms with Gasteiger partial charge in [-0.05, 0) is 73.2 Å². The van der Waals surface area contributed by atoms with Crippen molar-refractivity contribution in [3.8, 4) is 0 Å². The number of nitrogens with zero attached hydrogens (tertiary/aromatic N) is 4. The number of amides is 2. The third-order valence-corrected chi connectivity index (χ3v) is 9.60. The lowest BCUT2D eigenvalue weighted by molar-refractivity contribution is -0.138. The average Bonchev–Trinajstić information content (AvgIpc) is 3.43. The van der Waals surface area contributed by atoms with E-state index in [0.29, 0.717) is 36.1 Å². The Morgan fingerprint density at radius 3 is 2.58 bits per heavy atom. The molecule has 9 nitrogen and oxygen atoms in total. The van der Waals surface area contributed by atoms with Crippen LogP contribution in [0.3, 0.4) is 0 Å². The Morgan fingerprint density at radius 1 is 1.12 bits per heavy atom. The summed E-state index contributed by atoms with van der Waals surface area (Å²) in [7, 11) is -3.79. The van der Waals surface area contributed by atoms with Crippen LogP contribution in [-0.4, -0.2) is 62.3 Å². The van der Waals surface area contributed by atoms with Gasteiger partial charge >= 0.3 is 0 Å². The molecule has 1 atom stereocenters. The summed E-state index contributed by atoms with van der Waals surface area (Å²) in [4.78, 5) is 36.6. The standard InChI is InChI=1S/C28H32ClN5O4S2/c1-19(2)16-25(34-12-3-4-20-17-21(29)5-10-24(20)34)27(36)32-13-14-33(26(35)18-32)22-6-8-23(9-7-22)40(37,38)31-28-30-11-15-39-28/h5-11,15,17,19,25H,3-4,12-14,16,18H2,1-2H3,(H,30,31). The first kappa shape index (κ1) is 28.4. The molecule has 1 saturated heterocycles. The lowest BCUT2D eigenvalue weighted by Gasteiger charge is -2.42. The number of carbonyl (C=O) groups is 2. The van der Waals surface area contributed by atoms with Gasteiger partial charge in [-0.25, -0.2) is 13.4 Å². The number of halogens is 1. The molecule has 12 heteroatoms. The number of aromatic nitrogens is 1. The van der Waals surface area contributed by atoms with E-state index in [4.69, 9.17) is 11.6 Å². The second-order valence-electron chi connectivity index (χ2n) is 10.5. The maximum Gasteiger partial charge on any atom is 0.263 e. The molecule has 1 N–H and O–H groups in total. The number of hydrogen-bond acceptors (Lipinski definition) is 7. The topological polar surface area (TPSA) is 103 Å². The first-order valence-corrected chi connectivity index (χ1v) is 16.0. The molecule has 1 unspecified atom stereocenters. The second-order valence-corrected chi connectivity index (χ2v) is 13.5. The smallest absolute Gasteiger partial charge is 0.263 e. The van der Waals surface area contributed by atoms with Gasteiger partial charge in [-0.1, -0.05) is 25.4 Å². The summed E-state index contributed by atoms with van der Waals surface area (Å²) in [5, 5.41) is 2.66. The van der Waals surface area contributed by atoms with Crippen LogP contribution in [0, 0.1) is 5.92 Å². The van der Waals surface area contributed by atoms with Crippen LogP contribution >= 0.6 is 22.9 Å². The van der Waals surface area contributed by atoms with Crippen molar-refractivity contribution in [3.63, 3.8) is 0 Å². The summed E-state index contributed by atoms with van der Waals surface area (Å²) in [5.74, 6) is 0.0490. The molecule has 212 valence electrons. The second kappa shape index (κ2) is 11.8. The zero-order valence-corrected chi connectivity index (χ0v) is 24.8. The van der Waals surface area contributed by atoms with E-state index in [1.807, 2.05) is 18.2 Å². The van der Waals surface area contributed by atoms with Crippen LogP contribution < -0.4 is 14.5 Å². The molecule has 0 spiro atoms. The molecule has 3 heterocycles. The van der Waals surface area contributed by atoms with E-state index in [9.17, 15) is 18.0 Å². The molecule has 0 aliphatic carbocycles. The van der Waals surface area contributed by atoms with E-state index in [2.05, 4.69) is 28.5 Å². The van der Waals surface area contributed by atoms with Crippen LogP contribution in [0.5, 0.6) is 0 Å². The molecule has 0 bridgehead atoms. The predicted molar refractivity (Wildman–Crippen MR) is 159 cm³/mol. The molecule has 3 aromatic rings. The maximum absolute atomic E-state index is 13.9. The monoisotopic (exact) mass is 601 g/mol. The normalized spacial score (nSPS) is 16.7. The Morgan fingerprint density at radius 2 is 1.90 bits per heavy atom. The number of anilines is 3. The molecule has 2 aromatic carbocycles. The van der Waals surface area contributed by atoms with Gasteiger partial charge < -0.3 is 14.7 Å². The molecule has 5 rings (SSSR count). The fraction of sp³-hybridized carbons (Fsp3) is 0.393. The number of aryl methyl sites for hydroxylation is 1. The minimum atomic E-state index is -3.79. The number of rotatable bonds is 8. The van der Waals surface area contributed by atoms with Gasteiger partial charge in [-0.2, -0.15) is 0 Å². The van der Waals surface area contributed by atoms with E-state index in [1.165, 1.54) is 29.7 Å². The van der Waals surface area contributed by atoms with Gasteiger partial charge in [0, 0.05) is 47.6 Å². The zero-order valence-electron chi connectivity index (χ0n) is 22.4. The van der Waals surface area contributed by atoms with Crippen molar-refractivity contribution in [2.45, 2.75) is 44.0 Å². The number of hydrogen-bond donors (Lipinski definition) is 1. The van der Waals surface area contributed by atoms with Crippen LogP contribution in [0.2, 0.25) is 5.02 Å². The van der Waals surface area contributed by atoms with Gasteiger partial charge in [-0.15, -0.1) is 11.3 Å². The zero-order chi connectivity index (χ0) is 28.4. The number of benzene rings is 2. The number of nitrogens with one attached hydrogen (secondary N) is 1. The summed E-state index contributed by atoms with van der Waals surface area (Å²) in [6.45, 7) is 5.68.